The van der Waals surface area contributed by atoms with Gasteiger partial charge >= 0.3 is 18.0 Å². The first-order valence-corrected chi connectivity index (χ1v) is 7.55. The molecule has 1 rings (SSSR count). The van der Waals surface area contributed by atoms with Gasteiger partial charge in [0.15, 0.2) is 0 Å². The van der Waals surface area contributed by atoms with Crippen molar-refractivity contribution >= 4 is 23.7 Å². The fraction of sp³-hybridized carbons (Fsp3) is 0.438. The number of carbonyl (C=O) groups is 3. The van der Waals surface area contributed by atoms with Crippen LogP contribution in [0.1, 0.15) is 31.4 Å². The topological polar surface area (TPSA) is 123 Å². The van der Waals surface area contributed by atoms with Crippen LogP contribution in [0.4, 0.5) is 10.5 Å². The Labute approximate surface area is 145 Å². The van der Waals surface area contributed by atoms with Crippen molar-refractivity contribution in [2.75, 3.05) is 19.5 Å². The summed E-state index contributed by atoms with van der Waals surface area (Å²) in [6.45, 7) is 1.66. The maximum absolute atomic E-state index is 12.0. The van der Waals surface area contributed by atoms with Gasteiger partial charge in [-0.1, -0.05) is 17.3 Å². The van der Waals surface area contributed by atoms with Crippen molar-refractivity contribution in [1.29, 1.82) is 0 Å². The number of carbonyl (C=O) groups excluding carboxylic acids is 3. The number of nitrogens with one attached hydrogen (secondary N) is 2. The van der Waals surface area contributed by atoms with Gasteiger partial charge in [-0.2, -0.15) is 4.91 Å². The molecule has 9 heteroatoms. The number of hydrogen-bond donors (Lipinski definition) is 2. The molecular formula is C16H21N3O6. The van der Waals surface area contributed by atoms with E-state index in [0.717, 1.165) is 0 Å². The molecule has 0 aromatic heterocycles. The van der Waals surface area contributed by atoms with Crippen LogP contribution >= 0.6 is 0 Å². The molecule has 136 valence electrons. The zero-order chi connectivity index (χ0) is 18.8. The number of hydrogen-bond acceptors (Lipinski definition) is 7. The van der Waals surface area contributed by atoms with E-state index < -0.39 is 30.1 Å². The highest BCUT2D eigenvalue weighted by Crippen LogP contribution is 2.18. The van der Waals surface area contributed by atoms with Crippen molar-refractivity contribution in [3.8, 4) is 0 Å². The number of amides is 2. The molecule has 0 aliphatic heterocycles. The Morgan fingerprint density at radius 3 is 2.28 bits per heavy atom. The Hall–Kier alpha value is -2.97. The molecule has 0 radical (unpaired) electrons. The van der Waals surface area contributed by atoms with Crippen molar-refractivity contribution in [2.24, 2.45) is 5.18 Å². The lowest BCUT2D eigenvalue weighted by atomic mass is 10.1. The Kier molecular flexibility index (Phi) is 8.04. The Morgan fingerprint density at radius 1 is 1.12 bits per heavy atom. The quantitative estimate of drug-likeness (QED) is 0.546. The number of rotatable bonds is 8. The lowest BCUT2D eigenvalue weighted by Gasteiger charge is -2.16. The Balaban J connectivity index is 2.65. The normalized spacial score (nSPS) is 12.4. The van der Waals surface area contributed by atoms with Crippen molar-refractivity contribution in [1.82, 2.24) is 5.32 Å². The number of nitrogens with zero attached hydrogens (tertiary/aromatic N) is 1. The highest BCUT2D eigenvalue weighted by molar-refractivity contribution is 5.92. The van der Waals surface area contributed by atoms with Crippen LogP contribution in [0, 0.1) is 4.91 Å². The molecule has 0 bridgehead atoms. The molecule has 2 amide bonds. The monoisotopic (exact) mass is 351 g/mol. The lowest BCUT2D eigenvalue weighted by molar-refractivity contribution is -0.144. The largest absolute Gasteiger partial charge is 0.469 e. The summed E-state index contributed by atoms with van der Waals surface area (Å²) in [6, 6.07) is 4.45. The summed E-state index contributed by atoms with van der Waals surface area (Å²) in [5.41, 5.74) is 1.18. The van der Waals surface area contributed by atoms with Crippen LogP contribution in [0.2, 0.25) is 0 Å². The molecular weight excluding hydrogens is 330 g/mol. The van der Waals surface area contributed by atoms with Crippen LogP contribution < -0.4 is 10.6 Å². The molecule has 0 saturated heterocycles. The van der Waals surface area contributed by atoms with Crippen LogP contribution in [-0.2, 0) is 19.1 Å². The summed E-state index contributed by atoms with van der Waals surface area (Å²) >= 11 is 0. The number of esters is 2. The van der Waals surface area contributed by atoms with Gasteiger partial charge in [-0.3, -0.25) is 4.79 Å². The molecule has 1 aromatic rings. The molecule has 0 saturated carbocycles. The highest BCUT2D eigenvalue weighted by atomic mass is 16.5. The number of urea groups is 1. The molecule has 0 heterocycles. The van der Waals surface area contributed by atoms with E-state index in [1.807, 2.05) is 0 Å². The zero-order valence-electron chi connectivity index (χ0n) is 14.3. The maximum atomic E-state index is 12.0. The minimum Gasteiger partial charge on any atom is -0.469 e. The lowest BCUT2D eigenvalue weighted by Crippen LogP contribution is -2.43. The van der Waals surface area contributed by atoms with Gasteiger partial charge in [0.1, 0.15) is 12.1 Å². The first-order chi connectivity index (χ1) is 11.9. The number of anilines is 1. The van der Waals surface area contributed by atoms with E-state index in [1.165, 1.54) is 14.2 Å². The maximum Gasteiger partial charge on any atom is 0.328 e. The standard InChI is InChI=1S/C16H21N3O6/c1-10(19-23)11-4-6-12(7-5-11)17-16(22)18-13(15(21)25-3)8-9-14(20)24-2/h4-7,10,13H,8-9H2,1-3H3,(H2,17,18,22). The number of ether oxygens (including phenoxy) is 2. The minimum atomic E-state index is -0.984. The molecule has 25 heavy (non-hydrogen) atoms. The second-order valence-electron chi connectivity index (χ2n) is 5.19. The first kappa shape index (κ1) is 20.1. The van der Waals surface area contributed by atoms with Crippen molar-refractivity contribution in [3.63, 3.8) is 0 Å². The molecule has 2 N–H and O–H groups in total. The fourth-order valence-corrected chi connectivity index (χ4v) is 1.99. The van der Waals surface area contributed by atoms with E-state index in [0.29, 0.717) is 11.3 Å². The minimum absolute atomic E-state index is 0.0399. The number of benzene rings is 1. The predicted molar refractivity (Wildman–Crippen MR) is 89.9 cm³/mol. The SMILES string of the molecule is COC(=O)CCC(NC(=O)Nc1ccc(C(C)N=O)cc1)C(=O)OC. The molecule has 0 spiro atoms. The molecule has 0 fully saturated rings. The summed E-state index contributed by atoms with van der Waals surface area (Å²) in [7, 11) is 2.42. The Bertz CT molecular complexity index is 617. The predicted octanol–water partition coefficient (Wildman–Crippen LogP) is 2.13. The van der Waals surface area contributed by atoms with Gasteiger partial charge in [0.05, 0.1) is 14.2 Å². The van der Waals surface area contributed by atoms with E-state index in [9.17, 15) is 19.3 Å². The average Bonchev–Trinajstić information content (AvgIpc) is 2.63. The molecule has 9 nitrogen and oxygen atoms in total. The Morgan fingerprint density at radius 2 is 1.76 bits per heavy atom. The van der Waals surface area contributed by atoms with Crippen molar-refractivity contribution < 1.29 is 23.9 Å². The van der Waals surface area contributed by atoms with Crippen molar-refractivity contribution in [3.05, 3.63) is 34.7 Å². The molecule has 0 aliphatic rings. The van der Waals surface area contributed by atoms with Gasteiger partial charge in [0.25, 0.3) is 0 Å². The van der Waals surface area contributed by atoms with Gasteiger partial charge in [-0.25, -0.2) is 9.59 Å². The smallest absolute Gasteiger partial charge is 0.328 e. The van der Waals surface area contributed by atoms with Gasteiger partial charge in [0.2, 0.25) is 0 Å². The van der Waals surface area contributed by atoms with E-state index >= 15 is 0 Å². The summed E-state index contributed by atoms with van der Waals surface area (Å²) < 4.78 is 9.12. The summed E-state index contributed by atoms with van der Waals surface area (Å²) in [6.07, 6.45) is 0.00997. The second-order valence-corrected chi connectivity index (χ2v) is 5.19. The van der Waals surface area contributed by atoms with E-state index in [4.69, 9.17) is 0 Å². The molecule has 1 aromatic carbocycles. The fourth-order valence-electron chi connectivity index (χ4n) is 1.99. The molecule has 0 aliphatic carbocycles. The van der Waals surface area contributed by atoms with E-state index in [2.05, 4.69) is 25.3 Å². The number of nitroso groups, excluding NO2 is 1. The van der Waals surface area contributed by atoms with Gasteiger partial charge in [-0.05, 0) is 31.0 Å². The van der Waals surface area contributed by atoms with Crippen LogP contribution in [0.25, 0.3) is 0 Å². The average molecular weight is 351 g/mol. The van der Waals surface area contributed by atoms with E-state index in [-0.39, 0.29) is 12.8 Å². The third kappa shape index (κ3) is 6.58. The molecule has 2 atom stereocenters. The zero-order valence-corrected chi connectivity index (χ0v) is 14.3. The van der Waals surface area contributed by atoms with Gasteiger partial charge < -0.3 is 20.1 Å². The second kappa shape index (κ2) is 10.0. The van der Waals surface area contributed by atoms with Crippen LogP contribution in [0.5, 0.6) is 0 Å². The summed E-state index contributed by atoms with van der Waals surface area (Å²) in [5, 5.41) is 7.92. The van der Waals surface area contributed by atoms with Crippen LogP contribution in [0.3, 0.4) is 0 Å². The van der Waals surface area contributed by atoms with Crippen molar-refractivity contribution in [2.45, 2.75) is 31.8 Å². The first-order valence-electron chi connectivity index (χ1n) is 7.55. The summed E-state index contributed by atoms with van der Waals surface area (Å²) in [4.78, 5) is 45.4. The van der Waals surface area contributed by atoms with Crippen LogP contribution in [0.15, 0.2) is 29.4 Å². The highest BCUT2D eigenvalue weighted by Gasteiger charge is 2.22. The summed E-state index contributed by atoms with van der Waals surface area (Å²) in [5.74, 6) is -1.16. The third-order valence-electron chi connectivity index (χ3n) is 3.46. The number of methoxy groups -OCH3 is 2. The molecule has 2 unspecified atom stereocenters. The van der Waals surface area contributed by atoms with Gasteiger partial charge in [-0.15, -0.1) is 0 Å². The van der Waals surface area contributed by atoms with Crippen LogP contribution in [-0.4, -0.2) is 38.2 Å². The van der Waals surface area contributed by atoms with E-state index in [1.54, 1.807) is 31.2 Å². The van der Waals surface area contributed by atoms with Gasteiger partial charge in [0, 0.05) is 12.1 Å². The third-order valence-corrected chi connectivity index (χ3v) is 3.46.